The van der Waals surface area contributed by atoms with Crippen molar-refractivity contribution in [1.29, 1.82) is 0 Å². The lowest BCUT2D eigenvalue weighted by molar-refractivity contribution is -0.141. The molecule has 3 rings (SSSR count). The second-order valence-electron chi connectivity index (χ2n) is 5.91. The monoisotopic (exact) mass is 314 g/mol. The summed E-state index contributed by atoms with van der Waals surface area (Å²) in [5, 5.41) is 0. The molecule has 1 saturated carbocycles. The standard InChI is InChI=1S/C14H17F3N4O/c15-14(16,17)11-5-6-19-13(20-11)21-9-4-2-1-3-8(9)7-10(21)12(18)22/h5-6,8-10H,1-4,7H2,(H2,18,22)/t8-,9-,10+/m1/s1. The number of hydrogen-bond acceptors (Lipinski definition) is 4. The molecule has 1 aromatic rings. The maximum Gasteiger partial charge on any atom is 0.433 e. The SMILES string of the molecule is NC(=O)[C@@H]1C[C@H]2CCCC[C@H]2N1c1nccc(C(F)(F)F)n1. The van der Waals surface area contributed by atoms with E-state index in [0.717, 1.165) is 37.9 Å². The van der Waals surface area contributed by atoms with E-state index < -0.39 is 23.8 Å². The number of nitrogens with two attached hydrogens (primary N) is 1. The number of nitrogens with zero attached hydrogens (tertiary/aromatic N) is 3. The van der Waals surface area contributed by atoms with Gasteiger partial charge in [-0.3, -0.25) is 4.79 Å². The topological polar surface area (TPSA) is 72.1 Å². The number of anilines is 1. The summed E-state index contributed by atoms with van der Waals surface area (Å²) in [5.41, 5.74) is 4.45. The van der Waals surface area contributed by atoms with Crippen molar-refractivity contribution >= 4 is 11.9 Å². The Hall–Kier alpha value is -1.86. The van der Waals surface area contributed by atoms with Crippen LogP contribution in [0, 0.1) is 5.92 Å². The van der Waals surface area contributed by atoms with Crippen molar-refractivity contribution in [3.63, 3.8) is 0 Å². The molecule has 8 heteroatoms. The van der Waals surface area contributed by atoms with Gasteiger partial charge in [0.15, 0.2) is 0 Å². The fourth-order valence-corrected chi connectivity index (χ4v) is 3.63. The number of alkyl halides is 3. The Labute approximate surface area is 125 Å². The van der Waals surface area contributed by atoms with Crippen LogP contribution in [0.3, 0.4) is 0 Å². The fourth-order valence-electron chi connectivity index (χ4n) is 3.63. The molecule has 2 N–H and O–H groups in total. The minimum absolute atomic E-state index is 0.00488. The molecule has 1 saturated heterocycles. The molecular formula is C14H17F3N4O. The first kappa shape index (κ1) is 15.1. The molecule has 0 bridgehead atoms. The van der Waals surface area contributed by atoms with Crippen molar-refractivity contribution < 1.29 is 18.0 Å². The fraction of sp³-hybridized carbons (Fsp3) is 0.643. The van der Waals surface area contributed by atoms with E-state index in [9.17, 15) is 18.0 Å². The summed E-state index contributed by atoms with van der Waals surface area (Å²) in [5.74, 6) is -0.312. The lowest BCUT2D eigenvalue weighted by Gasteiger charge is -2.33. The van der Waals surface area contributed by atoms with E-state index in [2.05, 4.69) is 9.97 Å². The smallest absolute Gasteiger partial charge is 0.368 e. The summed E-state index contributed by atoms with van der Waals surface area (Å²) in [6, 6.07) is 0.198. The molecule has 2 fully saturated rings. The lowest BCUT2D eigenvalue weighted by atomic mass is 9.85. The van der Waals surface area contributed by atoms with Crippen molar-refractivity contribution in [3.8, 4) is 0 Å². The van der Waals surface area contributed by atoms with Crippen LogP contribution < -0.4 is 10.6 Å². The average molecular weight is 314 g/mol. The zero-order valence-electron chi connectivity index (χ0n) is 11.9. The van der Waals surface area contributed by atoms with E-state index in [1.54, 1.807) is 4.90 Å². The van der Waals surface area contributed by atoms with Crippen LogP contribution in [0.15, 0.2) is 12.3 Å². The Morgan fingerprint density at radius 2 is 2.05 bits per heavy atom. The zero-order valence-corrected chi connectivity index (χ0v) is 11.9. The van der Waals surface area contributed by atoms with Crippen molar-refractivity contribution in [2.75, 3.05) is 4.90 Å². The van der Waals surface area contributed by atoms with E-state index in [1.807, 2.05) is 0 Å². The molecule has 2 heterocycles. The Morgan fingerprint density at radius 3 is 2.73 bits per heavy atom. The molecule has 1 aromatic heterocycles. The molecule has 2 aliphatic rings. The molecule has 0 radical (unpaired) electrons. The van der Waals surface area contributed by atoms with Crippen molar-refractivity contribution in [3.05, 3.63) is 18.0 Å². The van der Waals surface area contributed by atoms with Gasteiger partial charge in [0.2, 0.25) is 11.9 Å². The van der Waals surface area contributed by atoms with Crippen LogP contribution in [0.5, 0.6) is 0 Å². The van der Waals surface area contributed by atoms with Gasteiger partial charge >= 0.3 is 6.18 Å². The van der Waals surface area contributed by atoms with Crippen molar-refractivity contribution in [2.45, 2.75) is 50.4 Å². The summed E-state index contributed by atoms with van der Waals surface area (Å²) < 4.78 is 38.5. The van der Waals surface area contributed by atoms with Gasteiger partial charge in [-0.05, 0) is 31.2 Å². The highest BCUT2D eigenvalue weighted by Gasteiger charge is 2.46. The molecule has 0 aromatic carbocycles. The maximum atomic E-state index is 12.8. The molecular weight excluding hydrogens is 297 g/mol. The summed E-state index contributed by atoms with van der Waals surface area (Å²) in [4.78, 5) is 20.9. The van der Waals surface area contributed by atoms with Crippen LogP contribution in [0.1, 0.15) is 37.8 Å². The normalized spacial score (nSPS) is 28.5. The highest BCUT2D eigenvalue weighted by Crippen LogP contribution is 2.41. The molecule has 1 amide bonds. The highest BCUT2D eigenvalue weighted by molar-refractivity contribution is 5.84. The molecule has 3 atom stereocenters. The van der Waals surface area contributed by atoms with Gasteiger partial charge in [-0.25, -0.2) is 9.97 Å². The number of amides is 1. The molecule has 120 valence electrons. The number of rotatable bonds is 2. The predicted octanol–water partition coefficient (Wildman–Crippen LogP) is 2.12. The van der Waals surface area contributed by atoms with E-state index in [0.29, 0.717) is 6.42 Å². The van der Waals surface area contributed by atoms with Gasteiger partial charge in [-0.2, -0.15) is 13.2 Å². The van der Waals surface area contributed by atoms with Crippen molar-refractivity contribution in [2.24, 2.45) is 11.7 Å². The minimum atomic E-state index is -4.54. The van der Waals surface area contributed by atoms with Gasteiger partial charge in [0.05, 0.1) is 0 Å². The third-order valence-electron chi connectivity index (χ3n) is 4.58. The molecule has 0 unspecified atom stereocenters. The molecule has 5 nitrogen and oxygen atoms in total. The van der Waals surface area contributed by atoms with Crippen molar-refractivity contribution in [1.82, 2.24) is 9.97 Å². The van der Waals surface area contributed by atoms with Gasteiger partial charge < -0.3 is 10.6 Å². The van der Waals surface area contributed by atoms with Gasteiger partial charge in [0.1, 0.15) is 11.7 Å². The molecule has 22 heavy (non-hydrogen) atoms. The first-order valence-electron chi connectivity index (χ1n) is 7.36. The Balaban J connectivity index is 1.98. The quantitative estimate of drug-likeness (QED) is 0.907. The lowest BCUT2D eigenvalue weighted by Crippen LogP contribution is -2.46. The highest BCUT2D eigenvalue weighted by atomic mass is 19.4. The average Bonchev–Trinajstić information content (AvgIpc) is 2.86. The third kappa shape index (κ3) is 2.62. The number of halogens is 3. The van der Waals surface area contributed by atoms with Crippen LogP contribution in [0.25, 0.3) is 0 Å². The van der Waals surface area contributed by atoms with Gasteiger partial charge in [0, 0.05) is 12.2 Å². The van der Waals surface area contributed by atoms with E-state index in [4.69, 9.17) is 5.73 Å². The van der Waals surface area contributed by atoms with Gasteiger partial charge in [0.25, 0.3) is 0 Å². The number of carbonyl (C=O) groups excluding carboxylic acids is 1. The summed E-state index contributed by atoms with van der Waals surface area (Å²) in [6.07, 6.45) is 0.967. The molecule has 0 spiro atoms. The molecule has 1 aliphatic carbocycles. The Kier molecular flexibility index (Phi) is 3.70. The Bertz CT molecular complexity index is 577. The summed E-state index contributed by atoms with van der Waals surface area (Å²) in [7, 11) is 0. The van der Waals surface area contributed by atoms with Crippen LogP contribution in [-0.2, 0) is 11.0 Å². The maximum absolute atomic E-state index is 12.8. The second-order valence-corrected chi connectivity index (χ2v) is 5.91. The third-order valence-corrected chi connectivity index (χ3v) is 4.58. The first-order valence-corrected chi connectivity index (χ1v) is 7.36. The number of hydrogen-bond donors (Lipinski definition) is 1. The number of fused-ring (bicyclic) bond motifs is 1. The van der Waals surface area contributed by atoms with Crippen LogP contribution >= 0.6 is 0 Å². The largest absolute Gasteiger partial charge is 0.433 e. The summed E-state index contributed by atoms with van der Waals surface area (Å²) in [6.45, 7) is 0. The van der Waals surface area contributed by atoms with Gasteiger partial charge in [-0.1, -0.05) is 12.8 Å². The van der Waals surface area contributed by atoms with Gasteiger partial charge in [-0.15, -0.1) is 0 Å². The summed E-state index contributed by atoms with van der Waals surface area (Å²) >= 11 is 0. The predicted molar refractivity (Wildman–Crippen MR) is 72.9 cm³/mol. The van der Waals surface area contributed by atoms with E-state index in [-0.39, 0.29) is 17.9 Å². The van der Waals surface area contributed by atoms with E-state index in [1.165, 1.54) is 0 Å². The number of primary amides is 1. The minimum Gasteiger partial charge on any atom is -0.368 e. The van der Waals surface area contributed by atoms with Crippen LogP contribution in [0.4, 0.5) is 19.1 Å². The number of aromatic nitrogens is 2. The Morgan fingerprint density at radius 1 is 1.32 bits per heavy atom. The van der Waals surface area contributed by atoms with Crippen LogP contribution in [0.2, 0.25) is 0 Å². The van der Waals surface area contributed by atoms with E-state index >= 15 is 0 Å². The second kappa shape index (κ2) is 5.40. The zero-order chi connectivity index (χ0) is 15.9. The van der Waals surface area contributed by atoms with Crippen LogP contribution in [-0.4, -0.2) is 28.0 Å². The first-order chi connectivity index (χ1) is 10.4. The molecule has 1 aliphatic heterocycles. The number of carbonyl (C=O) groups is 1.